The van der Waals surface area contributed by atoms with Crippen LogP contribution in [0.2, 0.25) is 0 Å². The van der Waals surface area contributed by atoms with Gasteiger partial charge in [-0.15, -0.1) is 24.0 Å². The Balaban J connectivity index is 0.00000338. The lowest BCUT2D eigenvalue weighted by molar-refractivity contribution is 0.0468. The summed E-state index contributed by atoms with van der Waals surface area (Å²) in [7, 11) is 0. The lowest BCUT2D eigenvalue weighted by Crippen LogP contribution is -2.39. The van der Waals surface area contributed by atoms with Crippen molar-refractivity contribution in [2.45, 2.75) is 77.2 Å². The van der Waals surface area contributed by atoms with E-state index in [9.17, 15) is 0 Å². The van der Waals surface area contributed by atoms with Crippen LogP contribution in [0.5, 0.6) is 0 Å². The third-order valence-electron chi connectivity index (χ3n) is 5.25. The topological polar surface area (TPSA) is 48.9 Å². The molecule has 0 aromatic carbocycles. The van der Waals surface area contributed by atoms with E-state index in [-0.39, 0.29) is 24.0 Å². The molecule has 0 radical (unpaired) electrons. The maximum atomic E-state index is 6.04. The van der Waals surface area contributed by atoms with Crippen LogP contribution in [0.4, 0.5) is 0 Å². The highest BCUT2D eigenvalue weighted by molar-refractivity contribution is 14.0. The van der Waals surface area contributed by atoms with Crippen molar-refractivity contribution in [3.8, 4) is 0 Å². The van der Waals surface area contributed by atoms with E-state index in [0.717, 1.165) is 32.2 Å². The summed E-state index contributed by atoms with van der Waals surface area (Å²) in [5, 5.41) is 6.75. The standard InChI is InChI=1S/C20H40N4O.HI/c1-2-21-20(22-13-7-8-15-24-16-9-10-17-24)23-14-18-25-19-11-5-3-4-6-12-19;/h19H,2-18H2,1H3,(H2,21,22,23);1H. The van der Waals surface area contributed by atoms with E-state index in [1.807, 2.05) is 0 Å². The van der Waals surface area contributed by atoms with Crippen LogP contribution in [0.25, 0.3) is 0 Å². The number of guanidine groups is 1. The van der Waals surface area contributed by atoms with Crippen LogP contribution in [0, 0.1) is 0 Å². The summed E-state index contributed by atoms with van der Waals surface area (Å²) < 4.78 is 6.04. The summed E-state index contributed by atoms with van der Waals surface area (Å²) in [6.07, 6.45) is 13.6. The molecule has 1 aliphatic heterocycles. The fourth-order valence-electron chi connectivity index (χ4n) is 3.79. The van der Waals surface area contributed by atoms with Gasteiger partial charge in [0.2, 0.25) is 0 Å². The van der Waals surface area contributed by atoms with Crippen molar-refractivity contribution in [2.75, 3.05) is 45.9 Å². The van der Waals surface area contributed by atoms with Gasteiger partial charge in [-0.05, 0) is 65.1 Å². The van der Waals surface area contributed by atoms with Crippen molar-refractivity contribution >= 4 is 29.9 Å². The Morgan fingerprint density at radius 3 is 2.42 bits per heavy atom. The average molecular weight is 480 g/mol. The van der Waals surface area contributed by atoms with Crippen molar-refractivity contribution in [1.29, 1.82) is 0 Å². The summed E-state index contributed by atoms with van der Waals surface area (Å²) in [4.78, 5) is 7.28. The van der Waals surface area contributed by atoms with Gasteiger partial charge in [0, 0.05) is 19.6 Å². The van der Waals surface area contributed by atoms with Gasteiger partial charge in [0.05, 0.1) is 12.7 Å². The molecule has 1 aliphatic carbocycles. The zero-order valence-corrected chi connectivity index (χ0v) is 19.1. The van der Waals surface area contributed by atoms with Gasteiger partial charge in [-0.25, -0.2) is 0 Å². The second kappa shape index (κ2) is 15.9. The van der Waals surface area contributed by atoms with E-state index < -0.39 is 0 Å². The predicted octanol–water partition coefficient (Wildman–Crippen LogP) is 3.77. The number of hydrogen-bond donors (Lipinski definition) is 2. The first-order chi connectivity index (χ1) is 12.4. The van der Waals surface area contributed by atoms with Gasteiger partial charge < -0.3 is 20.3 Å². The number of halogens is 1. The molecule has 6 heteroatoms. The number of ether oxygens (including phenoxy) is 1. The molecule has 154 valence electrons. The van der Waals surface area contributed by atoms with Crippen molar-refractivity contribution in [3.05, 3.63) is 0 Å². The molecule has 5 nitrogen and oxygen atoms in total. The Bertz CT molecular complexity index is 354. The number of aliphatic imine (C=N–C) groups is 1. The van der Waals surface area contributed by atoms with Gasteiger partial charge in [0.15, 0.2) is 5.96 Å². The fourth-order valence-corrected chi connectivity index (χ4v) is 3.79. The van der Waals surface area contributed by atoms with E-state index in [1.54, 1.807) is 0 Å². The molecular weight excluding hydrogens is 439 g/mol. The average Bonchev–Trinajstić information content (AvgIpc) is 3.00. The molecule has 2 aliphatic rings. The van der Waals surface area contributed by atoms with Gasteiger partial charge in [-0.1, -0.05) is 25.7 Å². The molecule has 0 atom stereocenters. The Kier molecular flexibility index (Phi) is 14.7. The Morgan fingerprint density at radius 2 is 1.73 bits per heavy atom. The predicted molar refractivity (Wildman–Crippen MR) is 122 cm³/mol. The zero-order valence-electron chi connectivity index (χ0n) is 16.8. The highest BCUT2D eigenvalue weighted by Gasteiger charge is 2.12. The number of unbranched alkanes of at least 4 members (excludes halogenated alkanes) is 1. The molecule has 2 N–H and O–H groups in total. The largest absolute Gasteiger partial charge is 0.376 e. The molecule has 0 unspecified atom stereocenters. The van der Waals surface area contributed by atoms with E-state index >= 15 is 0 Å². The molecule has 1 heterocycles. The van der Waals surface area contributed by atoms with Gasteiger partial charge >= 0.3 is 0 Å². The summed E-state index contributed by atoms with van der Waals surface area (Å²) in [6.45, 7) is 9.40. The highest BCUT2D eigenvalue weighted by Crippen LogP contribution is 2.19. The minimum atomic E-state index is 0. The van der Waals surface area contributed by atoms with Crippen LogP contribution in [0.15, 0.2) is 4.99 Å². The van der Waals surface area contributed by atoms with Crippen LogP contribution < -0.4 is 10.6 Å². The van der Waals surface area contributed by atoms with Gasteiger partial charge in [0.1, 0.15) is 0 Å². The Labute approximate surface area is 178 Å². The number of nitrogens with one attached hydrogen (secondary N) is 2. The highest BCUT2D eigenvalue weighted by atomic mass is 127. The molecule has 0 spiro atoms. The fraction of sp³-hybridized carbons (Fsp3) is 0.950. The van der Waals surface area contributed by atoms with Crippen molar-refractivity contribution in [1.82, 2.24) is 15.5 Å². The normalized spacial score (nSPS) is 19.8. The van der Waals surface area contributed by atoms with E-state index in [1.165, 1.54) is 83.8 Å². The molecule has 0 aromatic rings. The molecule has 2 fully saturated rings. The van der Waals surface area contributed by atoms with Crippen LogP contribution in [0.3, 0.4) is 0 Å². The minimum Gasteiger partial charge on any atom is -0.376 e. The number of nitrogens with zero attached hydrogens (tertiary/aromatic N) is 2. The van der Waals surface area contributed by atoms with Crippen LogP contribution >= 0.6 is 24.0 Å². The van der Waals surface area contributed by atoms with E-state index in [0.29, 0.717) is 6.10 Å². The van der Waals surface area contributed by atoms with Crippen LogP contribution in [-0.4, -0.2) is 62.8 Å². The molecule has 0 amide bonds. The van der Waals surface area contributed by atoms with Gasteiger partial charge in [-0.3, -0.25) is 4.99 Å². The second-order valence-electron chi connectivity index (χ2n) is 7.43. The first-order valence-electron chi connectivity index (χ1n) is 10.7. The first kappa shape index (κ1) is 24.0. The quantitative estimate of drug-likeness (QED) is 0.164. The molecule has 0 aromatic heterocycles. The third-order valence-corrected chi connectivity index (χ3v) is 5.25. The van der Waals surface area contributed by atoms with E-state index in [4.69, 9.17) is 9.73 Å². The molecule has 26 heavy (non-hydrogen) atoms. The maximum absolute atomic E-state index is 6.04. The van der Waals surface area contributed by atoms with E-state index in [2.05, 4.69) is 22.5 Å². The molecule has 1 saturated carbocycles. The summed E-state index contributed by atoms with van der Waals surface area (Å²) >= 11 is 0. The van der Waals surface area contributed by atoms with Crippen molar-refractivity contribution in [2.24, 2.45) is 4.99 Å². The van der Waals surface area contributed by atoms with Gasteiger partial charge in [-0.2, -0.15) is 0 Å². The summed E-state index contributed by atoms with van der Waals surface area (Å²) in [5.74, 6) is 0.938. The summed E-state index contributed by atoms with van der Waals surface area (Å²) in [5.41, 5.74) is 0. The lowest BCUT2D eigenvalue weighted by Gasteiger charge is -2.17. The molecule has 1 saturated heterocycles. The third kappa shape index (κ3) is 10.9. The van der Waals surface area contributed by atoms with Crippen LogP contribution in [0.1, 0.15) is 71.1 Å². The Morgan fingerprint density at radius 1 is 1.00 bits per heavy atom. The van der Waals surface area contributed by atoms with Crippen molar-refractivity contribution in [3.63, 3.8) is 0 Å². The smallest absolute Gasteiger partial charge is 0.191 e. The van der Waals surface area contributed by atoms with Gasteiger partial charge in [0.25, 0.3) is 0 Å². The second-order valence-corrected chi connectivity index (χ2v) is 7.43. The first-order valence-corrected chi connectivity index (χ1v) is 10.7. The van der Waals surface area contributed by atoms with Crippen LogP contribution in [-0.2, 0) is 4.74 Å². The summed E-state index contributed by atoms with van der Waals surface area (Å²) in [6, 6.07) is 0. The maximum Gasteiger partial charge on any atom is 0.191 e. The molecule has 0 bridgehead atoms. The monoisotopic (exact) mass is 480 g/mol. The molecule has 2 rings (SSSR count). The van der Waals surface area contributed by atoms with Crippen molar-refractivity contribution < 1.29 is 4.74 Å². The molecular formula is C20H41IN4O. The minimum absolute atomic E-state index is 0. The number of hydrogen-bond acceptors (Lipinski definition) is 3. The number of likely N-dealkylation sites (tertiary alicyclic amines) is 1. The lowest BCUT2D eigenvalue weighted by atomic mass is 10.1. The zero-order chi connectivity index (χ0) is 17.6. The Hall–Kier alpha value is -0.0800. The SMILES string of the molecule is CCNC(=NCCCCN1CCCC1)NCCOC1CCCCCC1.I. The number of rotatable bonds is 10.